The van der Waals surface area contributed by atoms with Crippen LogP contribution in [0.3, 0.4) is 0 Å². The van der Waals surface area contributed by atoms with Gasteiger partial charge in [0.15, 0.2) is 27.2 Å². The Bertz CT molecular complexity index is 967. The quantitative estimate of drug-likeness (QED) is 0.225. The van der Waals surface area contributed by atoms with Crippen LogP contribution in [-0.4, -0.2) is 57.4 Å². The molecular weight excluding hydrogens is 374 g/mol. The molecule has 1 aromatic rings. The van der Waals surface area contributed by atoms with E-state index in [1.165, 1.54) is 26.1 Å². The maximum Gasteiger partial charge on any atom is 0.328 e. The highest BCUT2D eigenvalue weighted by molar-refractivity contribution is 7.94. The van der Waals surface area contributed by atoms with Gasteiger partial charge < -0.3 is 21.1 Å². The maximum absolute atomic E-state index is 12.8. The number of nitrogens with one attached hydrogen (secondary N) is 2. The van der Waals surface area contributed by atoms with Crippen LogP contribution in [0.1, 0.15) is 25.1 Å². The molecule has 0 aromatic carbocycles. The van der Waals surface area contributed by atoms with Crippen molar-refractivity contribution < 1.29 is 23.1 Å². The summed E-state index contributed by atoms with van der Waals surface area (Å²) in [4.78, 5) is 29.0. The fourth-order valence-electron chi connectivity index (χ4n) is 3.32. The molecule has 2 aliphatic rings. The molecule has 3 heterocycles. The van der Waals surface area contributed by atoms with Crippen molar-refractivity contribution in [3.05, 3.63) is 35.2 Å². The second kappa shape index (κ2) is 6.05. The van der Waals surface area contributed by atoms with E-state index in [-0.39, 0.29) is 11.5 Å². The van der Waals surface area contributed by atoms with E-state index in [9.17, 15) is 23.1 Å². The summed E-state index contributed by atoms with van der Waals surface area (Å²) in [7, 11) is -3.91. The number of pyridine rings is 1. The van der Waals surface area contributed by atoms with E-state index >= 15 is 0 Å². The Labute approximate surface area is 155 Å². The number of carboxylic acid groups (broad SMARTS) is 1. The van der Waals surface area contributed by atoms with Crippen molar-refractivity contribution in [3.63, 3.8) is 0 Å². The van der Waals surface area contributed by atoms with Gasteiger partial charge in [-0.15, -0.1) is 0 Å². The molecule has 0 spiro atoms. The van der Waals surface area contributed by atoms with E-state index in [1.54, 1.807) is 12.1 Å². The summed E-state index contributed by atoms with van der Waals surface area (Å²) < 4.78 is 24.0. The first kappa shape index (κ1) is 18.8. The van der Waals surface area contributed by atoms with Crippen molar-refractivity contribution >= 4 is 33.7 Å². The van der Waals surface area contributed by atoms with Crippen LogP contribution in [0.5, 0.6) is 0 Å². The maximum atomic E-state index is 12.8. The molecule has 10 nitrogen and oxygen atoms in total. The molecule has 2 fully saturated rings. The minimum absolute atomic E-state index is 0.00827. The summed E-state index contributed by atoms with van der Waals surface area (Å²) in [5, 5.41) is 17.9. The smallest absolute Gasteiger partial charge is 0.328 e. The number of carbonyl (C=O) groups excluding carboxylic acids is 1. The topological polar surface area (TPSA) is 167 Å². The van der Waals surface area contributed by atoms with E-state index < -0.39 is 37.9 Å². The van der Waals surface area contributed by atoms with Crippen molar-refractivity contribution in [3.8, 4) is 0 Å². The van der Waals surface area contributed by atoms with Gasteiger partial charge in [-0.25, -0.2) is 13.2 Å². The van der Waals surface area contributed by atoms with E-state index in [0.29, 0.717) is 12.2 Å². The second-order valence-corrected chi connectivity index (χ2v) is 9.50. The molecule has 1 unspecified atom stereocenters. The van der Waals surface area contributed by atoms with Gasteiger partial charge in [-0.05, 0) is 31.6 Å². The molecule has 2 saturated heterocycles. The third-order valence-corrected chi connectivity index (χ3v) is 7.59. The summed E-state index contributed by atoms with van der Waals surface area (Å²) in [5.74, 6) is -2.15. The number of carboxylic acids is 1. The molecule has 2 aliphatic heterocycles. The molecular formula is C16H19N5O5S. The fourth-order valence-corrected chi connectivity index (χ4v) is 5.44. The van der Waals surface area contributed by atoms with E-state index in [0.717, 1.165) is 10.5 Å². The number of fused-ring (bicyclic) bond motifs is 1. The first-order valence-electron chi connectivity index (χ1n) is 8.02. The van der Waals surface area contributed by atoms with Gasteiger partial charge in [-0.3, -0.25) is 15.2 Å². The van der Waals surface area contributed by atoms with Gasteiger partial charge in [0.05, 0.1) is 11.3 Å². The number of aliphatic carboxylic acids is 1. The van der Waals surface area contributed by atoms with Crippen LogP contribution >= 0.6 is 0 Å². The normalized spacial score (nSPS) is 26.4. The SMILES string of the molecule is CC1(C)[C@H](C(=O)O)N2C(=O)/C(=C/c3ccc(CNC(=N)N)cn3)C2S1(=O)=O. The number of guanidine groups is 1. The third-order valence-electron chi connectivity index (χ3n) is 4.83. The zero-order chi connectivity index (χ0) is 20.1. The lowest BCUT2D eigenvalue weighted by molar-refractivity contribution is -0.152. The number of amides is 1. The van der Waals surface area contributed by atoms with Gasteiger partial charge in [0.2, 0.25) is 0 Å². The van der Waals surface area contributed by atoms with Gasteiger partial charge >= 0.3 is 5.97 Å². The number of carbonyl (C=O) groups is 2. The van der Waals surface area contributed by atoms with Crippen LogP contribution < -0.4 is 11.1 Å². The van der Waals surface area contributed by atoms with Crippen LogP contribution in [0.15, 0.2) is 23.9 Å². The van der Waals surface area contributed by atoms with Gasteiger partial charge in [0.25, 0.3) is 5.91 Å². The summed E-state index contributed by atoms with van der Waals surface area (Å²) in [6.07, 6.45) is 2.87. The molecule has 0 aliphatic carbocycles. The lowest BCUT2D eigenvalue weighted by Crippen LogP contribution is -2.58. The molecule has 0 radical (unpaired) electrons. The molecule has 27 heavy (non-hydrogen) atoms. The number of aromatic nitrogens is 1. The van der Waals surface area contributed by atoms with Crippen LogP contribution in [0.2, 0.25) is 0 Å². The molecule has 2 atom stereocenters. The Morgan fingerprint density at radius 3 is 2.67 bits per heavy atom. The lowest BCUT2D eigenvalue weighted by Gasteiger charge is -2.37. The highest BCUT2D eigenvalue weighted by Crippen LogP contribution is 2.48. The Kier molecular flexibility index (Phi) is 4.22. The number of sulfone groups is 1. The Hall–Kier alpha value is -2.95. The summed E-state index contributed by atoms with van der Waals surface area (Å²) in [6, 6.07) is 1.87. The minimum atomic E-state index is -3.91. The first-order chi connectivity index (χ1) is 12.5. The van der Waals surface area contributed by atoms with Gasteiger partial charge in [0.1, 0.15) is 4.75 Å². The second-order valence-electron chi connectivity index (χ2n) is 6.91. The highest BCUT2D eigenvalue weighted by Gasteiger charge is 2.70. The summed E-state index contributed by atoms with van der Waals surface area (Å²) in [6.45, 7) is 2.94. The molecule has 144 valence electrons. The molecule has 11 heteroatoms. The number of hydrogen-bond donors (Lipinski definition) is 4. The molecule has 1 amide bonds. The Morgan fingerprint density at radius 2 is 2.15 bits per heavy atom. The standard InChI is InChI=1S/C16H19N5O5S/c1-16(2)11(14(23)24)21-12(22)10(13(21)27(16,25)26)5-9-4-3-8(6-19-9)7-20-15(17)18/h3-6,11,13H,7H2,1-2H3,(H,23,24)(H4,17,18,20)/b10-5-/t11-,13?/m0/s1. The molecule has 5 N–H and O–H groups in total. The molecule has 0 saturated carbocycles. The van der Waals surface area contributed by atoms with E-state index in [4.69, 9.17) is 11.1 Å². The molecule has 3 rings (SSSR count). The number of rotatable bonds is 4. The number of β-lactam (4-membered cyclic amide) rings is 1. The molecule has 0 bridgehead atoms. The highest BCUT2D eigenvalue weighted by atomic mass is 32.2. The Morgan fingerprint density at radius 1 is 1.48 bits per heavy atom. The Balaban J connectivity index is 1.90. The van der Waals surface area contributed by atoms with Crippen molar-refractivity contribution in [1.82, 2.24) is 15.2 Å². The van der Waals surface area contributed by atoms with Crippen molar-refractivity contribution in [2.24, 2.45) is 5.73 Å². The number of nitrogens with two attached hydrogens (primary N) is 1. The molecule has 1 aromatic heterocycles. The van der Waals surface area contributed by atoms with Gasteiger partial charge in [0, 0.05) is 12.7 Å². The van der Waals surface area contributed by atoms with Crippen LogP contribution in [0.4, 0.5) is 0 Å². The van der Waals surface area contributed by atoms with E-state index in [2.05, 4.69) is 10.3 Å². The van der Waals surface area contributed by atoms with Crippen molar-refractivity contribution in [2.75, 3.05) is 0 Å². The van der Waals surface area contributed by atoms with Crippen LogP contribution in [0.25, 0.3) is 6.08 Å². The van der Waals surface area contributed by atoms with Crippen molar-refractivity contribution in [2.45, 2.75) is 36.6 Å². The number of nitrogens with zero attached hydrogens (tertiary/aromatic N) is 2. The largest absolute Gasteiger partial charge is 0.480 e. The average Bonchev–Trinajstić information content (AvgIpc) is 2.72. The summed E-state index contributed by atoms with van der Waals surface area (Å²) in [5.41, 5.74) is 6.33. The zero-order valence-corrected chi connectivity index (χ0v) is 15.4. The van der Waals surface area contributed by atoms with Gasteiger partial charge in [-0.1, -0.05) is 6.07 Å². The van der Waals surface area contributed by atoms with Crippen molar-refractivity contribution in [1.29, 1.82) is 5.41 Å². The fraction of sp³-hybridized carbons (Fsp3) is 0.375. The predicted octanol–water partition coefficient (Wildman–Crippen LogP) is -0.723. The third kappa shape index (κ3) is 2.74. The van der Waals surface area contributed by atoms with Crippen LogP contribution in [-0.2, 0) is 26.0 Å². The van der Waals surface area contributed by atoms with Gasteiger partial charge in [-0.2, -0.15) is 0 Å². The zero-order valence-electron chi connectivity index (χ0n) is 14.6. The minimum Gasteiger partial charge on any atom is -0.480 e. The van der Waals surface area contributed by atoms with E-state index in [1.807, 2.05) is 0 Å². The monoisotopic (exact) mass is 393 g/mol. The lowest BCUT2D eigenvalue weighted by atomic mass is 9.95. The average molecular weight is 393 g/mol. The first-order valence-corrected chi connectivity index (χ1v) is 9.56. The number of hydrogen-bond acceptors (Lipinski definition) is 6. The summed E-state index contributed by atoms with van der Waals surface area (Å²) >= 11 is 0. The van der Waals surface area contributed by atoms with Crippen LogP contribution in [0, 0.1) is 5.41 Å². The predicted molar refractivity (Wildman–Crippen MR) is 96.0 cm³/mol.